The molecule has 1 aliphatic rings. The first-order valence-corrected chi connectivity index (χ1v) is 4.38. The molecular weight excluding hydrogens is 156 g/mol. The van der Waals surface area contributed by atoms with Crippen LogP contribution in [0.15, 0.2) is 0 Å². The van der Waals surface area contributed by atoms with E-state index in [0.29, 0.717) is 5.92 Å². The van der Waals surface area contributed by atoms with Gasteiger partial charge in [0, 0.05) is 0 Å². The van der Waals surface area contributed by atoms with Gasteiger partial charge in [-0.2, -0.15) is 0 Å². The quantitative estimate of drug-likeness (QED) is 0.640. The Morgan fingerprint density at radius 3 is 2.33 bits per heavy atom. The average molecular weight is 172 g/mol. The van der Waals surface area contributed by atoms with E-state index in [-0.39, 0.29) is 6.10 Å². The van der Waals surface area contributed by atoms with Crippen molar-refractivity contribution in [1.82, 2.24) is 0 Å². The third-order valence-corrected chi connectivity index (χ3v) is 2.41. The number of carbonyl (C=O) groups is 1. The summed E-state index contributed by atoms with van der Waals surface area (Å²) in [6.07, 6.45) is 3.29. The molecule has 0 unspecified atom stereocenters. The van der Waals surface area contributed by atoms with Gasteiger partial charge in [-0.3, -0.25) is 0 Å². The summed E-state index contributed by atoms with van der Waals surface area (Å²) in [7, 11) is 0. The van der Waals surface area contributed by atoms with E-state index >= 15 is 0 Å². The fourth-order valence-electron chi connectivity index (χ4n) is 1.65. The molecule has 12 heavy (non-hydrogen) atoms. The maximum Gasteiger partial charge on any atom is 0.404 e. The lowest BCUT2D eigenvalue weighted by atomic mass is 9.87. The molecule has 4 heteroatoms. The van der Waals surface area contributed by atoms with E-state index in [9.17, 15) is 4.79 Å². The minimum absolute atomic E-state index is 0.0327. The van der Waals surface area contributed by atoms with Crippen molar-refractivity contribution < 1.29 is 9.53 Å². The monoisotopic (exact) mass is 172 g/mol. The summed E-state index contributed by atoms with van der Waals surface area (Å²) in [5, 5.41) is 0. The van der Waals surface area contributed by atoms with Crippen LogP contribution in [0.1, 0.15) is 25.7 Å². The van der Waals surface area contributed by atoms with Crippen molar-refractivity contribution >= 4 is 6.09 Å². The number of hydrogen-bond acceptors (Lipinski definition) is 3. The van der Waals surface area contributed by atoms with Gasteiger partial charge < -0.3 is 16.2 Å². The minimum atomic E-state index is -0.661. The first-order valence-electron chi connectivity index (χ1n) is 4.38. The first-order chi connectivity index (χ1) is 5.72. The van der Waals surface area contributed by atoms with Crippen molar-refractivity contribution in [2.75, 3.05) is 6.54 Å². The molecule has 0 heterocycles. The molecular formula is C8H16N2O2. The van der Waals surface area contributed by atoms with Gasteiger partial charge in [0.1, 0.15) is 6.10 Å². The molecule has 0 radical (unpaired) electrons. The topological polar surface area (TPSA) is 78.3 Å². The van der Waals surface area contributed by atoms with Crippen molar-refractivity contribution in [1.29, 1.82) is 0 Å². The Hall–Kier alpha value is -0.770. The molecule has 0 aromatic heterocycles. The smallest absolute Gasteiger partial charge is 0.404 e. The predicted octanol–water partition coefficient (Wildman–Crippen LogP) is 0.599. The van der Waals surface area contributed by atoms with E-state index in [2.05, 4.69) is 0 Å². The normalized spacial score (nSPS) is 29.8. The summed E-state index contributed by atoms with van der Waals surface area (Å²) in [5.74, 6) is 0.609. The van der Waals surface area contributed by atoms with Crippen LogP contribution in [-0.4, -0.2) is 18.7 Å². The molecule has 70 valence electrons. The van der Waals surface area contributed by atoms with Gasteiger partial charge in [0.15, 0.2) is 0 Å². The molecule has 0 spiro atoms. The molecule has 0 saturated heterocycles. The van der Waals surface area contributed by atoms with E-state index in [1.165, 1.54) is 0 Å². The molecule has 0 bridgehead atoms. The van der Waals surface area contributed by atoms with Gasteiger partial charge in [-0.15, -0.1) is 0 Å². The van der Waals surface area contributed by atoms with Crippen LogP contribution >= 0.6 is 0 Å². The van der Waals surface area contributed by atoms with Gasteiger partial charge in [-0.25, -0.2) is 4.79 Å². The molecule has 4 nitrogen and oxygen atoms in total. The fraction of sp³-hybridized carbons (Fsp3) is 0.875. The van der Waals surface area contributed by atoms with Crippen LogP contribution in [-0.2, 0) is 4.74 Å². The zero-order valence-electron chi connectivity index (χ0n) is 7.16. The van der Waals surface area contributed by atoms with Gasteiger partial charge in [0.05, 0.1) is 0 Å². The molecule has 1 aliphatic carbocycles. The van der Waals surface area contributed by atoms with Crippen LogP contribution in [0, 0.1) is 5.92 Å². The summed E-state index contributed by atoms with van der Waals surface area (Å²) in [6, 6.07) is 0. The lowest BCUT2D eigenvalue weighted by Gasteiger charge is -2.26. The third kappa shape index (κ3) is 2.70. The van der Waals surface area contributed by atoms with Crippen LogP contribution in [0.4, 0.5) is 4.79 Å². The Balaban J connectivity index is 2.21. The van der Waals surface area contributed by atoms with Crippen LogP contribution in [0.5, 0.6) is 0 Å². The molecule has 0 aromatic rings. The average Bonchev–Trinajstić information content (AvgIpc) is 2.05. The van der Waals surface area contributed by atoms with E-state index in [1.54, 1.807) is 0 Å². The molecule has 1 fully saturated rings. The Labute approximate surface area is 72.2 Å². The standard InChI is InChI=1S/C8H16N2O2/c9-5-6-1-3-7(4-2-6)12-8(10)11/h6-7H,1-5,9H2,(H2,10,11). The molecule has 0 aromatic carbocycles. The lowest BCUT2D eigenvalue weighted by Crippen LogP contribution is -2.29. The summed E-state index contributed by atoms with van der Waals surface area (Å²) in [4.78, 5) is 10.4. The van der Waals surface area contributed by atoms with E-state index in [4.69, 9.17) is 16.2 Å². The Morgan fingerprint density at radius 1 is 1.33 bits per heavy atom. The zero-order chi connectivity index (χ0) is 8.97. The van der Waals surface area contributed by atoms with Crippen LogP contribution < -0.4 is 11.5 Å². The summed E-state index contributed by atoms with van der Waals surface area (Å²) >= 11 is 0. The Bertz CT molecular complexity index is 153. The van der Waals surface area contributed by atoms with E-state index < -0.39 is 6.09 Å². The van der Waals surface area contributed by atoms with Crippen LogP contribution in [0.25, 0.3) is 0 Å². The van der Waals surface area contributed by atoms with Crippen molar-refractivity contribution in [2.45, 2.75) is 31.8 Å². The van der Waals surface area contributed by atoms with Crippen molar-refractivity contribution in [3.63, 3.8) is 0 Å². The second-order valence-corrected chi connectivity index (χ2v) is 3.32. The van der Waals surface area contributed by atoms with E-state index in [1.807, 2.05) is 0 Å². The first kappa shape index (κ1) is 9.32. The van der Waals surface area contributed by atoms with E-state index in [0.717, 1.165) is 32.2 Å². The molecule has 1 amide bonds. The number of hydrogen-bond donors (Lipinski definition) is 2. The summed E-state index contributed by atoms with van der Waals surface area (Å²) in [6.45, 7) is 0.739. The molecule has 0 atom stereocenters. The highest BCUT2D eigenvalue weighted by atomic mass is 16.6. The Kier molecular flexibility index (Phi) is 3.34. The lowest BCUT2D eigenvalue weighted by molar-refractivity contribution is 0.0721. The maximum atomic E-state index is 10.4. The highest BCUT2D eigenvalue weighted by Gasteiger charge is 2.21. The van der Waals surface area contributed by atoms with Gasteiger partial charge in [0.25, 0.3) is 0 Å². The second-order valence-electron chi connectivity index (χ2n) is 3.32. The number of primary amides is 1. The number of rotatable bonds is 2. The Morgan fingerprint density at radius 2 is 1.92 bits per heavy atom. The fourth-order valence-corrected chi connectivity index (χ4v) is 1.65. The summed E-state index contributed by atoms with van der Waals surface area (Å²) < 4.78 is 4.88. The van der Waals surface area contributed by atoms with Crippen molar-refractivity contribution in [2.24, 2.45) is 17.4 Å². The molecule has 1 saturated carbocycles. The van der Waals surface area contributed by atoms with Gasteiger partial charge >= 0.3 is 6.09 Å². The molecule has 0 aliphatic heterocycles. The number of nitrogens with two attached hydrogens (primary N) is 2. The van der Waals surface area contributed by atoms with Crippen molar-refractivity contribution in [3.05, 3.63) is 0 Å². The predicted molar refractivity (Wildman–Crippen MR) is 45.5 cm³/mol. The van der Waals surface area contributed by atoms with Gasteiger partial charge in [-0.05, 0) is 38.1 Å². The number of amides is 1. The third-order valence-electron chi connectivity index (χ3n) is 2.41. The van der Waals surface area contributed by atoms with Crippen LogP contribution in [0.2, 0.25) is 0 Å². The molecule has 1 rings (SSSR count). The zero-order valence-corrected chi connectivity index (χ0v) is 7.16. The van der Waals surface area contributed by atoms with Crippen LogP contribution in [0.3, 0.4) is 0 Å². The molecule has 4 N–H and O–H groups in total. The number of carbonyl (C=O) groups excluding carboxylic acids is 1. The van der Waals surface area contributed by atoms with Gasteiger partial charge in [0.2, 0.25) is 0 Å². The second kappa shape index (κ2) is 4.30. The van der Waals surface area contributed by atoms with Crippen molar-refractivity contribution in [3.8, 4) is 0 Å². The maximum absolute atomic E-state index is 10.4. The summed E-state index contributed by atoms with van der Waals surface area (Å²) in [5.41, 5.74) is 10.4. The highest BCUT2D eigenvalue weighted by molar-refractivity contribution is 5.64. The highest BCUT2D eigenvalue weighted by Crippen LogP contribution is 2.25. The SMILES string of the molecule is NCC1CCC(OC(N)=O)CC1. The minimum Gasteiger partial charge on any atom is -0.446 e. The number of ether oxygens (including phenoxy) is 1. The largest absolute Gasteiger partial charge is 0.446 e. The van der Waals surface area contributed by atoms with Gasteiger partial charge in [-0.1, -0.05) is 0 Å².